The van der Waals surface area contributed by atoms with Crippen molar-refractivity contribution in [3.8, 4) is 11.5 Å². The Hall–Kier alpha value is -1.26. The van der Waals surface area contributed by atoms with Gasteiger partial charge in [-0.2, -0.15) is 0 Å². The minimum absolute atomic E-state index is 0.00179. The van der Waals surface area contributed by atoms with E-state index in [4.69, 9.17) is 10.5 Å². The van der Waals surface area contributed by atoms with E-state index in [0.29, 0.717) is 25.4 Å². The van der Waals surface area contributed by atoms with Crippen LogP contribution in [0.25, 0.3) is 0 Å². The van der Waals surface area contributed by atoms with Crippen LogP contribution < -0.4 is 10.5 Å². The Morgan fingerprint density at radius 1 is 1.10 bits per heavy atom. The molecule has 178 valence electrons. The molecule has 31 heavy (non-hydrogen) atoms. The number of ether oxygens (including phenoxy) is 1. The highest BCUT2D eigenvalue weighted by atomic mass is 16.5. The first-order valence-corrected chi connectivity index (χ1v) is 12.7. The molecule has 1 aliphatic rings. The fourth-order valence-corrected chi connectivity index (χ4v) is 4.55. The van der Waals surface area contributed by atoms with Crippen molar-refractivity contribution in [1.82, 2.24) is 0 Å². The van der Waals surface area contributed by atoms with Crippen molar-refractivity contribution in [3.05, 3.63) is 23.8 Å². The van der Waals surface area contributed by atoms with E-state index in [0.717, 1.165) is 36.0 Å². The second-order valence-electron chi connectivity index (χ2n) is 10.6. The van der Waals surface area contributed by atoms with Gasteiger partial charge >= 0.3 is 0 Å². The summed E-state index contributed by atoms with van der Waals surface area (Å²) in [6.07, 6.45) is 13.5. The van der Waals surface area contributed by atoms with Gasteiger partial charge < -0.3 is 20.7 Å². The third-order valence-corrected chi connectivity index (χ3v) is 7.02. The summed E-state index contributed by atoms with van der Waals surface area (Å²) >= 11 is 0. The van der Waals surface area contributed by atoms with Gasteiger partial charge in [0.05, 0.1) is 13.2 Å². The fraction of sp³-hybridized carbons (Fsp3) is 0.778. The molecule has 1 aromatic rings. The Morgan fingerprint density at radius 3 is 2.45 bits per heavy atom. The van der Waals surface area contributed by atoms with Crippen molar-refractivity contribution >= 4 is 0 Å². The van der Waals surface area contributed by atoms with Crippen LogP contribution in [-0.2, 0) is 6.42 Å². The molecule has 0 aliphatic heterocycles. The van der Waals surface area contributed by atoms with Gasteiger partial charge in [-0.25, -0.2) is 0 Å². The standard InChI is InChI=1S/C27H47NO3/c1-21(2)8-6-10-22(3)9-4-5-17-31-25-14-13-24(26(30)18-25)15-16-27(28,20-29)19-23-11-7-12-23/h13-14,18,21-23,29-30H,4-12,15-17,19-20,28H2,1-3H3/t22?,27-/m0/s1. The van der Waals surface area contributed by atoms with E-state index in [-0.39, 0.29) is 12.4 Å². The number of nitrogens with two attached hydrogens (primary N) is 1. The number of unbranched alkanes of at least 4 members (excludes halogenated alkanes) is 1. The Labute approximate surface area is 190 Å². The quantitative estimate of drug-likeness (QED) is 0.271. The Bertz CT molecular complexity index is 629. The molecule has 1 saturated carbocycles. The lowest BCUT2D eigenvalue weighted by molar-refractivity contribution is 0.135. The zero-order valence-corrected chi connectivity index (χ0v) is 20.2. The van der Waals surface area contributed by atoms with Gasteiger partial charge in [0.2, 0.25) is 0 Å². The zero-order valence-electron chi connectivity index (χ0n) is 20.2. The number of phenolic OH excluding ortho intramolecular Hbond substituents is 1. The van der Waals surface area contributed by atoms with Gasteiger partial charge in [-0.3, -0.25) is 0 Å². The van der Waals surface area contributed by atoms with Gasteiger partial charge in [-0.1, -0.05) is 71.8 Å². The third kappa shape index (κ3) is 9.82. The molecule has 4 nitrogen and oxygen atoms in total. The number of aliphatic hydroxyl groups excluding tert-OH is 1. The average molecular weight is 434 g/mol. The molecule has 0 aromatic heterocycles. The minimum Gasteiger partial charge on any atom is -0.508 e. The lowest BCUT2D eigenvalue weighted by Gasteiger charge is -2.35. The van der Waals surface area contributed by atoms with Crippen molar-refractivity contribution in [2.75, 3.05) is 13.2 Å². The Balaban J connectivity index is 1.66. The first kappa shape index (κ1) is 26.0. The molecular weight excluding hydrogens is 386 g/mol. The van der Waals surface area contributed by atoms with Crippen LogP contribution >= 0.6 is 0 Å². The number of hydrogen-bond donors (Lipinski definition) is 3. The summed E-state index contributed by atoms with van der Waals surface area (Å²) in [7, 11) is 0. The highest BCUT2D eigenvalue weighted by Crippen LogP contribution is 2.35. The first-order valence-electron chi connectivity index (χ1n) is 12.7. The van der Waals surface area contributed by atoms with E-state index in [9.17, 15) is 10.2 Å². The van der Waals surface area contributed by atoms with Gasteiger partial charge in [0.1, 0.15) is 11.5 Å². The van der Waals surface area contributed by atoms with Gasteiger partial charge in [-0.05, 0) is 61.5 Å². The number of aryl methyl sites for hydroxylation is 1. The largest absolute Gasteiger partial charge is 0.508 e. The molecule has 0 spiro atoms. The molecule has 0 saturated heterocycles. The molecule has 0 bridgehead atoms. The second-order valence-corrected chi connectivity index (χ2v) is 10.6. The highest BCUT2D eigenvalue weighted by molar-refractivity contribution is 5.39. The number of phenols is 1. The van der Waals surface area contributed by atoms with Crippen LogP contribution in [0.1, 0.15) is 97.0 Å². The van der Waals surface area contributed by atoms with Gasteiger partial charge in [0.25, 0.3) is 0 Å². The van der Waals surface area contributed by atoms with Crippen LogP contribution in [-0.4, -0.2) is 29.0 Å². The maximum Gasteiger partial charge on any atom is 0.122 e. The SMILES string of the molecule is CC(C)CCCC(C)CCCCOc1ccc(CC[C@@](N)(CO)CC2CCC2)c(O)c1. The molecule has 0 heterocycles. The summed E-state index contributed by atoms with van der Waals surface area (Å²) in [6.45, 7) is 7.64. The molecule has 1 aliphatic carbocycles. The summed E-state index contributed by atoms with van der Waals surface area (Å²) in [5.41, 5.74) is 6.77. The van der Waals surface area contributed by atoms with Gasteiger partial charge in [0, 0.05) is 11.6 Å². The molecule has 4 N–H and O–H groups in total. The molecule has 2 atom stereocenters. The normalized spacial score (nSPS) is 17.4. The molecule has 1 aromatic carbocycles. The summed E-state index contributed by atoms with van der Waals surface area (Å²) in [5.74, 6) is 3.25. The Morgan fingerprint density at radius 2 is 1.84 bits per heavy atom. The second kappa shape index (κ2) is 13.3. The number of rotatable bonds is 16. The molecule has 1 fully saturated rings. The van der Waals surface area contributed by atoms with E-state index < -0.39 is 5.54 Å². The number of hydrogen-bond acceptors (Lipinski definition) is 4. The maximum absolute atomic E-state index is 10.4. The maximum atomic E-state index is 10.4. The molecule has 4 heteroatoms. The summed E-state index contributed by atoms with van der Waals surface area (Å²) in [4.78, 5) is 0. The van der Waals surface area contributed by atoms with E-state index in [1.807, 2.05) is 12.1 Å². The van der Waals surface area contributed by atoms with E-state index in [1.165, 1.54) is 51.4 Å². The zero-order chi connectivity index (χ0) is 22.7. The minimum atomic E-state index is -0.543. The smallest absolute Gasteiger partial charge is 0.122 e. The van der Waals surface area contributed by atoms with Crippen LogP contribution in [0.15, 0.2) is 18.2 Å². The first-order chi connectivity index (χ1) is 14.8. The van der Waals surface area contributed by atoms with E-state index in [2.05, 4.69) is 20.8 Å². The average Bonchev–Trinajstić information content (AvgIpc) is 2.69. The summed E-state index contributed by atoms with van der Waals surface area (Å²) < 4.78 is 5.85. The predicted octanol–water partition coefficient (Wildman–Crippen LogP) is 6.22. The number of aliphatic hydroxyl groups is 1. The van der Waals surface area contributed by atoms with Gasteiger partial charge in [-0.15, -0.1) is 0 Å². The van der Waals surface area contributed by atoms with E-state index in [1.54, 1.807) is 6.07 Å². The summed E-state index contributed by atoms with van der Waals surface area (Å²) in [6, 6.07) is 5.59. The van der Waals surface area contributed by atoms with E-state index >= 15 is 0 Å². The lowest BCUT2D eigenvalue weighted by Crippen LogP contribution is -2.46. The van der Waals surface area contributed by atoms with Crippen molar-refractivity contribution in [2.24, 2.45) is 23.5 Å². The number of benzene rings is 1. The van der Waals surface area contributed by atoms with Crippen molar-refractivity contribution in [3.63, 3.8) is 0 Å². The summed E-state index contributed by atoms with van der Waals surface area (Å²) in [5, 5.41) is 20.2. The molecule has 1 unspecified atom stereocenters. The van der Waals surface area contributed by atoms with Crippen LogP contribution in [0.4, 0.5) is 0 Å². The van der Waals surface area contributed by atoms with Crippen LogP contribution in [0, 0.1) is 17.8 Å². The molecule has 0 amide bonds. The van der Waals surface area contributed by atoms with Crippen LogP contribution in [0.3, 0.4) is 0 Å². The fourth-order valence-electron chi connectivity index (χ4n) is 4.55. The Kier molecular flexibility index (Phi) is 11.2. The molecule has 0 radical (unpaired) electrons. The van der Waals surface area contributed by atoms with Gasteiger partial charge in [0.15, 0.2) is 0 Å². The van der Waals surface area contributed by atoms with Crippen molar-refractivity contribution in [1.29, 1.82) is 0 Å². The van der Waals surface area contributed by atoms with Crippen molar-refractivity contribution in [2.45, 2.75) is 103 Å². The predicted molar refractivity (Wildman–Crippen MR) is 130 cm³/mol. The lowest BCUT2D eigenvalue weighted by atomic mass is 9.75. The third-order valence-electron chi connectivity index (χ3n) is 7.02. The monoisotopic (exact) mass is 433 g/mol. The number of aromatic hydroxyl groups is 1. The highest BCUT2D eigenvalue weighted by Gasteiger charge is 2.31. The molecule has 2 rings (SSSR count). The topological polar surface area (TPSA) is 75.7 Å². The van der Waals surface area contributed by atoms with Crippen LogP contribution in [0.2, 0.25) is 0 Å². The van der Waals surface area contributed by atoms with Crippen LogP contribution in [0.5, 0.6) is 11.5 Å². The molecular formula is C27H47NO3. The van der Waals surface area contributed by atoms with Crippen molar-refractivity contribution < 1.29 is 14.9 Å².